The number of aliphatic imine (C=N–C) groups is 1. The number of nitrogens with zero attached hydrogens (tertiary/aromatic N) is 1. The van der Waals surface area contributed by atoms with E-state index in [-0.39, 0.29) is 11.9 Å². The van der Waals surface area contributed by atoms with Gasteiger partial charge in [0.2, 0.25) is 5.91 Å². The molecule has 0 saturated carbocycles. The molecular formula is C5H10N2O3. The van der Waals surface area contributed by atoms with Crippen LogP contribution in [-0.4, -0.2) is 30.9 Å². The molecule has 0 saturated heterocycles. The number of amides is 1. The molecule has 0 aromatic heterocycles. The van der Waals surface area contributed by atoms with E-state index in [1.807, 2.05) is 0 Å². The van der Waals surface area contributed by atoms with Gasteiger partial charge >= 0.3 is 0 Å². The molecule has 0 atom stereocenters. The molecule has 0 radical (unpaired) electrons. The summed E-state index contributed by atoms with van der Waals surface area (Å²) in [6.07, 6.45) is 0. The van der Waals surface area contributed by atoms with E-state index in [1.54, 1.807) is 0 Å². The minimum absolute atomic E-state index is 0.0231. The van der Waals surface area contributed by atoms with Crippen LogP contribution in [0, 0.1) is 0 Å². The molecule has 0 aromatic carbocycles. The SMILES string of the molecule is COC(=NCO)NC(C)=O. The first-order chi connectivity index (χ1) is 4.70. The van der Waals surface area contributed by atoms with Gasteiger partial charge in [0.1, 0.15) is 6.73 Å². The minimum atomic E-state index is -0.399. The lowest BCUT2D eigenvalue weighted by atomic mass is 10.7. The quantitative estimate of drug-likeness (QED) is 0.371. The first kappa shape index (κ1) is 8.90. The van der Waals surface area contributed by atoms with Crippen LogP contribution in [0.3, 0.4) is 0 Å². The van der Waals surface area contributed by atoms with Crippen molar-refractivity contribution in [2.24, 2.45) is 4.99 Å². The van der Waals surface area contributed by atoms with Crippen LogP contribution in [0.1, 0.15) is 6.92 Å². The summed E-state index contributed by atoms with van der Waals surface area (Å²) in [4.78, 5) is 13.7. The fourth-order valence-electron chi connectivity index (χ4n) is 0.370. The van der Waals surface area contributed by atoms with Gasteiger partial charge in [-0.2, -0.15) is 0 Å². The Morgan fingerprint density at radius 1 is 1.80 bits per heavy atom. The van der Waals surface area contributed by atoms with Gasteiger partial charge < -0.3 is 9.84 Å². The maximum atomic E-state index is 10.3. The maximum absolute atomic E-state index is 10.3. The number of methoxy groups -OCH3 is 1. The third kappa shape index (κ3) is 3.85. The average Bonchev–Trinajstić information content (AvgIpc) is 1.86. The standard InChI is InChI=1S/C5H10N2O3/c1-4(9)7-5(10-2)6-3-8/h8H,3H2,1-2H3,(H,6,7,9). The molecule has 10 heavy (non-hydrogen) atoms. The van der Waals surface area contributed by atoms with Crippen molar-refractivity contribution in [3.05, 3.63) is 0 Å². The van der Waals surface area contributed by atoms with Crippen molar-refractivity contribution in [3.63, 3.8) is 0 Å². The second-order valence-corrected chi connectivity index (χ2v) is 1.49. The average molecular weight is 146 g/mol. The van der Waals surface area contributed by atoms with E-state index in [9.17, 15) is 4.79 Å². The molecule has 5 heteroatoms. The number of ether oxygens (including phenoxy) is 1. The fourth-order valence-corrected chi connectivity index (χ4v) is 0.370. The Hall–Kier alpha value is -1.10. The van der Waals surface area contributed by atoms with Crippen LogP contribution in [-0.2, 0) is 9.53 Å². The zero-order valence-electron chi connectivity index (χ0n) is 5.92. The summed E-state index contributed by atoms with van der Waals surface area (Å²) in [7, 11) is 1.35. The van der Waals surface area contributed by atoms with Crippen LogP contribution in [0.15, 0.2) is 4.99 Å². The van der Waals surface area contributed by atoms with Crippen molar-refractivity contribution in [2.45, 2.75) is 6.92 Å². The minimum Gasteiger partial charge on any atom is -0.468 e. The Balaban J connectivity index is 3.83. The summed E-state index contributed by atoms with van der Waals surface area (Å²) in [6, 6.07) is 0.0231. The summed E-state index contributed by atoms with van der Waals surface area (Å²) in [6.45, 7) is 0.926. The molecular weight excluding hydrogens is 136 g/mol. The normalized spacial score (nSPS) is 10.9. The van der Waals surface area contributed by atoms with E-state index in [2.05, 4.69) is 15.0 Å². The van der Waals surface area contributed by atoms with Crippen LogP contribution >= 0.6 is 0 Å². The number of nitrogens with one attached hydrogen (secondary N) is 1. The summed E-state index contributed by atoms with van der Waals surface area (Å²) in [5.41, 5.74) is 0. The highest BCUT2D eigenvalue weighted by atomic mass is 16.5. The van der Waals surface area contributed by atoms with E-state index in [1.165, 1.54) is 14.0 Å². The van der Waals surface area contributed by atoms with Crippen LogP contribution in [0.5, 0.6) is 0 Å². The Morgan fingerprint density at radius 3 is 2.70 bits per heavy atom. The third-order valence-corrected chi connectivity index (χ3v) is 0.691. The highest BCUT2D eigenvalue weighted by Gasteiger charge is 1.97. The highest BCUT2D eigenvalue weighted by Crippen LogP contribution is 1.74. The summed E-state index contributed by atoms with van der Waals surface area (Å²) in [5, 5.41) is 10.5. The van der Waals surface area contributed by atoms with Crippen molar-refractivity contribution in [2.75, 3.05) is 13.8 Å². The smallest absolute Gasteiger partial charge is 0.293 e. The van der Waals surface area contributed by atoms with E-state index in [4.69, 9.17) is 5.11 Å². The molecule has 5 nitrogen and oxygen atoms in total. The Kier molecular flexibility index (Phi) is 4.23. The molecule has 0 bridgehead atoms. The van der Waals surface area contributed by atoms with Crippen molar-refractivity contribution in [3.8, 4) is 0 Å². The summed E-state index contributed by atoms with van der Waals surface area (Å²) in [5.74, 6) is -0.283. The predicted molar refractivity (Wildman–Crippen MR) is 35.3 cm³/mol. The molecule has 0 aliphatic carbocycles. The zero-order chi connectivity index (χ0) is 7.98. The first-order valence-corrected chi connectivity index (χ1v) is 2.67. The number of aliphatic hydroxyl groups excluding tert-OH is 1. The first-order valence-electron chi connectivity index (χ1n) is 2.67. The second-order valence-electron chi connectivity index (χ2n) is 1.49. The van der Waals surface area contributed by atoms with Crippen molar-refractivity contribution < 1.29 is 14.6 Å². The van der Waals surface area contributed by atoms with Crippen LogP contribution in [0.4, 0.5) is 0 Å². The van der Waals surface area contributed by atoms with Gasteiger partial charge in [0.05, 0.1) is 7.11 Å². The van der Waals surface area contributed by atoms with E-state index in [0.29, 0.717) is 0 Å². The number of aliphatic hydroxyl groups is 1. The van der Waals surface area contributed by atoms with Crippen molar-refractivity contribution >= 4 is 11.9 Å². The van der Waals surface area contributed by atoms with Gasteiger partial charge in [-0.25, -0.2) is 4.99 Å². The number of carbonyl (C=O) groups excluding carboxylic acids is 1. The van der Waals surface area contributed by atoms with Gasteiger partial charge in [-0.05, 0) is 0 Å². The lowest BCUT2D eigenvalue weighted by Gasteiger charge is -2.02. The van der Waals surface area contributed by atoms with Crippen molar-refractivity contribution in [1.29, 1.82) is 0 Å². The number of hydrogen-bond acceptors (Lipinski definition) is 4. The van der Waals surface area contributed by atoms with Gasteiger partial charge in [-0.3, -0.25) is 10.1 Å². The molecule has 0 aromatic rings. The third-order valence-electron chi connectivity index (χ3n) is 0.691. The molecule has 0 heterocycles. The maximum Gasteiger partial charge on any atom is 0.293 e. The molecule has 0 spiro atoms. The van der Waals surface area contributed by atoms with Gasteiger partial charge in [0, 0.05) is 6.92 Å². The van der Waals surface area contributed by atoms with Crippen molar-refractivity contribution in [1.82, 2.24) is 5.32 Å². The highest BCUT2D eigenvalue weighted by molar-refractivity contribution is 5.92. The lowest BCUT2D eigenvalue weighted by molar-refractivity contribution is -0.117. The molecule has 2 N–H and O–H groups in total. The molecule has 0 unspecified atom stereocenters. The van der Waals surface area contributed by atoms with Gasteiger partial charge in [-0.15, -0.1) is 0 Å². The van der Waals surface area contributed by atoms with E-state index in [0.717, 1.165) is 0 Å². The summed E-state index contributed by atoms with van der Waals surface area (Å²) < 4.78 is 4.56. The van der Waals surface area contributed by atoms with Gasteiger partial charge in [0.15, 0.2) is 0 Å². The Labute approximate surface area is 58.7 Å². The molecule has 1 amide bonds. The van der Waals surface area contributed by atoms with E-state index < -0.39 is 6.73 Å². The molecule has 58 valence electrons. The van der Waals surface area contributed by atoms with Gasteiger partial charge in [0.25, 0.3) is 6.02 Å². The second kappa shape index (κ2) is 4.75. The number of rotatable bonds is 1. The topological polar surface area (TPSA) is 70.9 Å². The number of amidine groups is 1. The molecule has 0 aliphatic heterocycles. The number of hydrogen-bond donors (Lipinski definition) is 2. The monoisotopic (exact) mass is 146 g/mol. The van der Waals surface area contributed by atoms with Crippen LogP contribution in [0.2, 0.25) is 0 Å². The van der Waals surface area contributed by atoms with E-state index >= 15 is 0 Å². The molecule has 0 rings (SSSR count). The van der Waals surface area contributed by atoms with Crippen LogP contribution < -0.4 is 5.32 Å². The largest absolute Gasteiger partial charge is 0.468 e. The summed E-state index contributed by atoms with van der Waals surface area (Å²) >= 11 is 0. The molecule has 0 fully saturated rings. The lowest BCUT2D eigenvalue weighted by Crippen LogP contribution is -2.29. The molecule has 0 aliphatic rings. The van der Waals surface area contributed by atoms with Gasteiger partial charge in [-0.1, -0.05) is 0 Å². The number of carbonyl (C=O) groups is 1. The Morgan fingerprint density at radius 2 is 2.40 bits per heavy atom. The zero-order valence-corrected chi connectivity index (χ0v) is 5.92. The fraction of sp³-hybridized carbons (Fsp3) is 0.600. The predicted octanol–water partition coefficient (Wildman–Crippen LogP) is -0.925. The Bertz CT molecular complexity index is 144. The van der Waals surface area contributed by atoms with Crippen LogP contribution in [0.25, 0.3) is 0 Å².